The molecule has 0 aliphatic carbocycles. The van der Waals surface area contributed by atoms with Crippen molar-refractivity contribution < 1.29 is 18.1 Å². The Balaban J connectivity index is 2.12. The Bertz CT molecular complexity index is 890. The molecule has 0 spiro atoms. The topological polar surface area (TPSA) is 77.2 Å². The van der Waals surface area contributed by atoms with Gasteiger partial charge in [-0.1, -0.05) is 18.2 Å². The van der Waals surface area contributed by atoms with Gasteiger partial charge in [-0.05, 0) is 18.1 Å². The van der Waals surface area contributed by atoms with Crippen LogP contribution in [-0.2, 0) is 19.1 Å². The van der Waals surface area contributed by atoms with Crippen LogP contribution < -0.4 is 10.9 Å². The van der Waals surface area contributed by atoms with Crippen molar-refractivity contribution in [2.45, 2.75) is 25.6 Å². The lowest BCUT2D eigenvalue weighted by Gasteiger charge is -2.21. The molecule has 132 valence electrons. The van der Waals surface area contributed by atoms with Crippen LogP contribution >= 0.6 is 0 Å². The summed E-state index contributed by atoms with van der Waals surface area (Å²) in [5.41, 5.74) is -1.79. The fourth-order valence-electron chi connectivity index (χ4n) is 2.97. The standard InChI is InChI=1S/C16H14F3N3O3/c17-16(18,19)12-5-2-1-4-10(12)8-11-9-13(22(24)25)14-20-6-3-7-21(14)15(11)23/h1-2,4-5,9,20H,3,6-8H2. The van der Waals surface area contributed by atoms with E-state index in [0.29, 0.717) is 13.0 Å². The molecule has 0 saturated heterocycles. The summed E-state index contributed by atoms with van der Waals surface area (Å²) in [6.07, 6.45) is -4.28. The van der Waals surface area contributed by atoms with Crippen LogP contribution in [0.3, 0.4) is 0 Å². The molecule has 9 heteroatoms. The summed E-state index contributed by atoms with van der Waals surface area (Å²) in [6, 6.07) is 5.98. The van der Waals surface area contributed by atoms with E-state index in [9.17, 15) is 28.1 Å². The molecule has 0 atom stereocenters. The quantitative estimate of drug-likeness (QED) is 0.679. The molecular formula is C16H14F3N3O3. The molecule has 2 aromatic rings. The highest BCUT2D eigenvalue weighted by molar-refractivity contribution is 5.59. The van der Waals surface area contributed by atoms with E-state index in [0.717, 1.165) is 12.1 Å². The van der Waals surface area contributed by atoms with Crippen molar-refractivity contribution in [3.05, 3.63) is 67.5 Å². The summed E-state index contributed by atoms with van der Waals surface area (Å²) in [7, 11) is 0. The Kier molecular flexibility index (Phi) is 4.23. The maximum Gasteiger partial charge on any atom is 0.416 e. The molecule has 6 nitrogen and oxygen atoms in total. The number of nitrogens with zero attached hydrogens (tertiary/aromatic N) is 2. The van der Waals surface area contributed by atoms with Gasteiger partial charge in [-0.3, -0.25) is 19.5 Å². The molecule has 0 unspecified atom stereocenters. The van der Waals surface area contributed by atoms with E-state index >= 15 is 0 Å². The Morgan fingerprint density at radius 1 is 1.24 bits per heavy atom. The van der Waals surface area contributed by atoms with Crippen molar-refractivity contribution >= 4 is 11.5 Å². The predicted octanol–water partition coefficient (Wildman–Crippen LogP) is 3.18. The van der Waals surface area contributed by atoms with Gasteiger partial charge in [-0.2, -0.15) is 13.2 Å². The maximum absolute atomic E-state index is 13.1. The van der Waals surface area contributed by atoms with Gasteiger partial charge in [0.15, 0.2) is 5.82 Å². The number of nitrogens with one attached hydrogen (secondary N) is 1. The van der Waals surface area contributed by atoms with Crippen LogP contribution in [-0.4, -0.2) is 16.0 Å². The number of alkyl halides is 3. The molecule has 1 aromatic heterocycles. The zero-order chi connectivity index (χ0) is 18.2. The minimum Gasteiger partial charge on any atom is -0.366 e. The fourth-order valence-corrected chi connectivity index (χ4v) is 2.97. The van der Waals surface area contributed by atoms with E-state index in [2.05, 4.69) is 5.32 Å². The van der Waals surface area contributed by atoms with E-state index < -0.39 is 22.2 Å². The zero-order valence-corrected chi connectivity index (χ0v) is 13.0. The van der Waals surface area contributed by atoms with Crippen LogP contribution in [0.4, 0.5) is 24.7 Å². The number of rotatable bonds is 3. The fraction of sp³-hybridized carbons (Fsp3) is 0.312. The lowest BCUT2D eigenvalue weighted by Crippen LogP contribution is -2.32. The third-order valence-corrected chi connectivity index (χ3v) is 4.09. The Hall–Kier alpha value is -2.84. The van der Waals surface area contributed by atoms with Crippen LogP contribution in [0.2, 0.25) is 0 Å². The summed E-state index contributed by atoms with van der Waals surface area (Å²) in [6.45, 7) is 0.785. The SMILES string of the molecule is O=c1c(Cc2ccccc2C(F)(F)F)cc([N+](=O)[O-])c2n1CCCN2. The highest BCUT2D eigenvalue weighted by atomic mass is 19.4. The van der Waals surface area contributed by atoms with Gasteiger partial charge < -0.3 is 5.32 Å². The number of pyridine rings is 1. The van der Waals surface area contributed by atoms with Gasteiger partial charge in [0, 0.05) is 31.1 Å². The Morgan fingerprint density at radius 2 is 1.96 bits per heavy atom. The second-order valence-electron chi connectivity index (χ2n) is 5.73. The molecule has 1 N–H and O–H groups in total. The first kappa shape index (κ1) is 17.0. The van der Waals surface area contributed by atoms with Gasteiger partial charge in [0.25, 0.3) is 5.56 Å². The summed E-state index contributed by atoms with van der Waals surface area (Å²) >= 11 is 0. The average molecular weight is 353 g/mol. The first-order valence-corrected chi connectivity index (χ1v) is 7.59. The molecule has 1 aliphatic rings. The Labute approximate surface area is 140 Å². The molecule has 1 aromatic carbocycles. The third kappa shape index (κ3) is 3.21. The van der Waals surface area contributed by atoms with Gasteiger partial charge >= 0.3 is 11.9 Å². The maximum atomic E-state index is 13.1. The molecule has 25 heavy (non-hydrogen) atoms. The van der Waals surface area contributed by atoms with Crippen molar-refractivity contribution in [1.29, 1.82) is 0 Å². The number of aromatic nitrogens is 1. The minimum atomic E-state index is -4.56. The zero-order valence-electron chi connectivity index (χ0n) is 13.0. The van der Waals surface area contributed by atoms with Gasteiger partial charge in [-0.15, -0.1) is 0 Å². The largest absolute Gasteiger partial charge is 0.416 e. The van der Waals surface area contributed by atoms with Crippen LogP contribution in [0.15, 0.2) is 35.1 Å². The molecule has 1 aliphatic heterocycles. The highest BCUT2D eigenvalue weighted by Crippen LogP contribution is 2.33. The highest BCUT2D eigenvalue weighted by Gasteiger charge is 2.33. The number of anilines is 1. The lowest BCUT2D eigenvalue weighted by atomic mass is 9.99. The third-order valence-electron chi connectivity index (χ3n) is 4.09. The molecule has 0 amide bonds. The summed E-state index contributed by atoms with van der Waals surface area (Å²) in [5.74, 6) is 0.106. The number of fused-ring (bicyclic) bond motifs is 1. The van der Waals surface area contributed by atoms with Crippen LogP contribution in [0.1, 0.15) is 23.1 Å². The molecule has 2 heterocycles. The monoisotopic (exact) mass is 353 g/mol. The number of benzene rings is 1. The van der Waals surface area contributed by atoms with Crippen LogP contribution in [0.25, 0.3) is 0 Å². The lowest BCUT2D eigenvalue weighted by molar-refractivity contribution is -0.384. The van der Waals surface area contributed by atoms with Crippen molar-refractivity contribution in [2.75, 3.05) is 11.9 Å². The molecule has 0 radical (unpaired) electrons. The van der Waals surface area contributed by atoms with Crippen molar-refractivity contribution in [2.24, 2.45) is 0 Å². The minimum absolute atomic E-state index is 0.0316. The molecule has 0 fully saturated rings. The normalized spacial score (nSPS) is 13.9. The summed E-state index contributed by atoms with van der Waals surface area (Å²) in [4.78, 5) is 23.2. The first-order valence-electron chi connectivity index (χ1n) is 7.59. The summed E-state index contributed by atoms with van der Waals surface area (Å²) < 4.78 is 40.6. The number of halogens is 3. The van der Waals surface area contributed by atoms with Crippen molar-refractivity contribution in [1.82, 2.24) is 4.57 Å². The van der Waals surface area contributed by atoms with Crippen molar-refractivity contribution in [3.8, 4) is 0 Å². The van der Waals surface area contributed by atoms with E-state index in [1.54, 1.807) is 0 Å². The van der Waals surface area contributed by atoms with E-state index in [1.165, 1.54) is 22.8 Å². The number of hydrogen-bond donors (Lipinski definition) is 1. The van der Waals surface area contributed by atoms with Crippen molar-refractivity contribution in [3.63, 3.8) is 0 Å². The van der Waals surface area contributed by atoms with E-state index in [-0.39, 0.29) is 35.6 Å². The molecular weight excluding hydrogens is 339 g/mol. The van der Waals surface area contributed by atoms with E-state index in [1.807, 2.05) is 0 Å². The summed E-state index contributed by atoms with van der Waals surface area (Å²) in [5, 5.41) is 14.1. The number of nitro groups is 1. The molecule has 3 rings (SSSR count). The smallest absolute Gasteiger partial charge is 0.366 e. The van der Waals surface area contributed by atoms with Gasteiger partial charge in [0.05, 0.1) is 10.5 Å². The average Bonchev–Trinajstić information content (AvgIpc) is 2.56. The van der Waals surface area contributed by atoms with Crippen LogP contribution in [0, 0.1) is 10.1 Å². The molecule has 0 bridgehead atoms. The second kappa shape index (κ2) is 6.23. The van der Waals surface area contributed by atoms with Gasteiger partial charge in [0.1, 0.15) is 0 Å². The predicted molar refractivity (Wildman–Crippen MR) is 84.7 cm³/mol. The van der Waals surface area contributed by atoms with E-state index in [4.69, 9.17) is 0 Å². The second-order valence-corrected chi connectivity index (χ2v) is 5.73. The molecule has 0 saturated carbocycles. The first-order chi connectivity index (χ1) is 11.8. The van der Waals surface area contributed by atoms with Gasteiger partial charge in [-0.25, -0.2) is 0 Å². The van der Waals surface area contributed by atoms with Gasteiger partial charge in [0.2, 0.25) is 0 Å². The van der Waals surface area contributed by atoms with Crippen LogP contribution in [0.5, 0.6) is 0 Å². The Morgan fingerprint density at radius 3 is 2.64 bits per heavy atom. The number of hydrogen-bond acceptors (Lipinski definition) is 4.